The average molecular weight is 782 g/mol. The molecule has 0 unspecified atom stereocenters. The molecule has 0 aliphatic heterocycles. The van der Waals surface area contributed by atoms with E-state index in [4.69, 9.17) is 4.42 Å². The maximum Gasteiger partial charge on any atom is 0.162 e. The molecule has 0 spiro atoms. The predicted octanol–water partition coefficient (Wildman–Crippen LogP) is 10.6. The minimum atomic E-state index is -0.0599. The fraction of sp³-hybridized carbons (Fsp3) is 0.528. The number of furan rings is 1. The summed E-state index contributed by atoms with van der Waals surface area (Å²) in [4.78, 5) is 20.9. The van der Waals surface area contributed by atoms with E-state index in [-0.39, 0.29) is 48.9 Å². The van der Waals surface area contributed by atoms with Crippen molar-refractivity contribution in [3.8, 4) is 11.5 Å². The van der Waals surface area contributed by atoms with Crippen LogP contribution in [0.25, 0.3) is 31.8 Å². The molecule has 0 saturated carbocycles. The molecule has 0 bridgehead atoms. The third kappa shape index (κ3) is 8.86. The molecule has 0 aliphatic carbocycles. The summed E-state index contributed by atoms with van der Waals surface area (Å²) in [5.74, 6) is 2.83. The Morgan fingerprint density at radius 3 is 2.19 bits per heavy atom. The first-order chi connectivity index (χ1) is 19.9. The second-order valence-electron chi connectivity index (χ2n) is 12.7. The van der Waals surface area contributed by atoms with Gasteiger partial charge in [-0.1, -0.05) is 87.4 Å². The number of aromatic nitrogens is 2. The van der Waals surface area contributed by atoms with Crippen molar-refractivity contribution < 1.29 is 34.4 Å². The number of thiophene rings is 1. The zero-order valence-corrected chi connectivity index (χ0v) is 30.8. The van der Waals surface area contributed by atoms with E-state index in [2.05, 4.69) is 75.8 Å². The Kier molecular flexibility index (Phi) is 13.8. The molecule has 1 radical (unpaired) electrons. The van der Waals surface area contributed by atoms with Crippen LogP contribution in [0.5, 0.6) is 0 Å². The molecule has 5 nitrogen and oxygen atoms in total. The van der Waals surface area contributed by atoms with Gasteiger partial charge in [-0.3, -0.25) is 9.78 Å². The number of allylic oxidation sites excluding steroid dienone is 2. The van der Waals surface area contributed by atoms with E-state index in [1.54, 1.807) is 17.7 Å². The van der Waals surface area contributed by atoms with E-state index in [0.29, 0.717) is 11.7 Å². The van der Waals surface area contributed by atoms with Gasteiger partial charge in [-0.05, 0) is 49.0 Å². The first kappa shape index (κ1) is 36.8. The molecule has 7 heteroatoms. The molecule has 0 amide bonds. The van der Waals surface area contributed by atoms with Gasteiger partial charge in [0.2, 0.25) is 0 Å². The number of aliphatic hydroxyl groups excluding tert-OH is 1. The van der Waals surface area contributed by atoms with Gasteiger partial charge < -0.3 is 9.52 Å². The van der Waals surface area contributed by atoms with Crippen molar-refractivity contribution in [1.82, 2.24) is 9.97 Å². The fourth-order valence-electron chi connectivity index (χ4n) is 5.45. The minimum Gasteiger partial charge on any atom is -0.541 e. The van der Waals surface area contributed by atoms with Gasteiger partial charge >= 0.3 is 0 Å². The maximum atomic E-state index is 11.7. The van der Waals surface area contributed by atoms with Gasteiger partial charge in [0.05, 0.1) is 11.3 Å². The van der Waals surface area contributed by atoms with Crippen LogP contribution in [0, 0.1) is 30.7 Å². The van der Waals surface area contributed by atoms with E-state index >= 15 is 0 Å². The van der Waals surface area contributed by atoms with Gasteiger partial charge in [-0.15, -0.1) is 23.0 Å². The smallest absolute Gasteiger partial charge is 0.162 e. The number of fused-ring (bicyclic) bond motifs is 3. The predicted molar refractivity (Wildman–Crippen MR) is 177 cm³/mol. The number of ketones is 1. The van der Waals surface area contributed by atoms with Crippen molar-refractivity contribution in [2.24, 2.45) is 17.8 Å². The monoisotopic (exact) mass is 782 g/mol. The summed E-state index contributed by atoms with van der Waals surface area (Å²) in [5, 5.41) is 11.0. The molecule has 0 fully saturated rings. The topological polar surface area (TPSA) is 76.2 Å². The summed E-state index contributed by atoms with van der Waals surface area (Å²) in [6.45, 7) is 21.1. The van der Waals surface area contributed by atoms with E-state index in [1.807, 2.05) is 27.7 Å². The molecule has 237 valence electrons. The van der Waals surface area contributed by atoms with Crippen molar-refractivity contribution in [1.29, 1.82) is 0 Å². The number of hydrogen-bond acceptors (Lipinski definition) is 6. The number of carbonyl (C=O) groups is 1. The van der Waals surface area contributed by atoms with Crippen molar-refractivity contribution in [3.63, 3.8) is 0 Å². The average Bonchev–Trinajstić information content (AvgIpc) is 3.51. The summed E-state index contributed by atoms with van der Waals surface area (Å²) in [6, 6.07) is 9.92. The Hall–Kier alpha value is -2.34. The normalized spacial score (nSPS) is 12.3. The quantitative estimate of drug-likeness (QED) is 0.0985. The first-order valence-corrected chi connectivity index (χ1v) is 16.3. The van der Waals surface area contributed by atoms with Crippen molar-refractivity contribution in [2.75, 3.05) is 0 Å². The van der Waals surface area contributed by atoms with Crippen molar-refractivity contribution in [2.45, 2.75) is 107 Å². The van der Waals surface area contributed by atoms with Crippen LogP contribution in [0.4, 0.5) is 0 Å². The number of nitrogens with zero attached hydrogens (tertiary/aromatic N) is 2. The summed E-state index contributed by atoms with van der Waals surface area (Å²) in [7, 11) is 0. The fourth-order valence-corrected chi connectivity index (χ4v) is 6.71. The molecule has 3 aromatic heterocycles. The molecule has 43 heavy (non-hydrogen) atoms. The Balaban J connectivity index is 0.000000348. The zero-order chi connectivity index (χ0) is 31.2. The van der Waals surface area contributed by atoms with Gasteiger partial charge in [0, 0.05) is 70.0 Å². The summed E-state index contributed by atoms with van der Waals surface area (Å²) in [6.07, 6.45) is 7.61. The van der Waals surface area contributed by atoms with Crippen LogP contribution in [-0.4, -0.2) is 20.9 Å². The van der Waals surface area contributed by atoms with Gasteiger partial charge in [0.1, 0.15) is 6.33 Å². The van der Waals surface area contributed by atoms with Crippen LogP contribution in [0.2, 0.25) is 0 Å². The summed E-state index contributed by atoms with van der Waals surface area (Å²) >= 11 is 1.77. The minimum absolute atomic E-state index is 0. The standard InChI is InChI=1S/C23H25N2OS.C13H24O2.Ir/c1-13(2)10-15-8-7-9-16-18-21(27-20(15)16)19(25-12-24-18)17-11-14(3)22(26-17)23(4,5)6;1-5-10(6-2)12(14)9-13(15)11(7-3)8-4;/h7-9,12-13H,10H2,1-6H3;9-11,14H,5-8H2,1-4H3;/q-1;;/b;12-9-;. The third-order valence-corrected chi connectivity index (χ3v) is 9.09. The summed E-state index contributed by atoms with van der Waals surface area (Å²) in [5.41, 5.74) is 4.22. The second-order valence-corrected chi connectivity index (χ2v) is 13.7. The Labute approximate surface area is 276 Å². The number of benzene rings is 1. The molecule has 1 aromatic carbocycles. The number of aliphatic hydroxyl groups is 1. The Morgan fingerprint density at radius 1 is 1.02 bits per heavy atom. The zero-order valence-electron chi connectivity index (χ0n) is 27.6. The molecule has 0 saturated heterocycles. The Bertz CT molecular complexity index is 1520. The number of rotatable bonds is 10. The van der Waals surface area contributed by atoms with Crippen LogP contribution in [0.1, 0.15) is 105 Å². The maximum absolute atomic E-state index is 11.7. The van der Waals surface area contributed by atoms with E-state index in [1.165, 1.54) is 21.7 Å². The SMILES string of the molecule is CCC(CC)C(=O)/C=C(\O)C(CC)CC.Cc1[c-]c(-c2ncnc3c2sc2c(CC(C)C)cccc23)oc1C(C)(C)C.[Ir]. The molecule has 1 N–H and O–H groups in total. The molecule has 3 heterocycles. The van der Waals surface area contributed by atoms with Crippen LogP contribution >= 0.6 is 11.3 Å². The van der Waals surface area contributed by atoms with Crippen LogP contribution < -0.4 is 0 Å². The molecular weight excluding hydrogens is 733 g/mol. The van der Waals surface area contributed by atoms with Crippen LogP contribution in [0.3, 0.4) is 0 Å². The van der Waals surface area contributed by atoms with Gasteiger partial charge in [0.25, 0.3) is 0 Å². The van der Waals surface area contributed by atoms with E-state index in [0.717, 1.165) is 59.3 Å². The van der Waals surface area contributed by atoms with Gasteiger partial charge in [-0.2, -0.15) is 0 Å². The Morgan fingerprint density at radius 2 is 1.65 bits per heavy atom. The number of carbonyl (C=O) groups excluding carboxylic acids is 1. The van der Waals surface area contributed by atoms with Crippen molar-refractivity contribution in [3.05, 3.63) is 59.3 Å². The summed E-state index contributed by atoms with van der Waals surface area (Å²) < 4.78 is 8.61. The van der Waals surface area contributed by atoms with Crippen LogP contribution in [-0.2, 0) is 36.7 Å². The second kappa shape index (κ2) is 16.1. The molecule has 0 atom stereocenters. The number of aryl methyl sites for hydroxylation is 1. The van der Waals surface area contributed by atoms with E-state index in [9.17, 15) is 9.90 Å². The number of hydrogen-bond donors (Lipinski definition) is 1. The first-order valence-electron chi connectivity index (χ1n) is 15.5. The third-order valence-electron chi connectivity index (χ3n) is 7.81. The molecule has 4 aromatic rings. The van der Waals surface area contributed by atoms with E-state index < -0.39 is 0 Å². The molecule has 4 rings (SSSR count). The van der Waals surface area contributed by atoms with Gasteiger partial charge in [-0.25, -0.2) is 4.98 Å². The largest absolute Gasteiger partial charge is 0.541 e. The van der Waals surface area contributed by atoms with Gasteiger partial charge in [0.15, 0.2) is 5.78 Å². The van der Waals surface area contributed by atoms with Crippen LogP contribution in [0.15, 0.2) is 40.8 Å². The molecule has 0 aliphatic rings. The molecular formula is C36H49IrN2O3S-. The van der Waals surface area contributed by atoms with Crippen molar-refractivity contribution >= 4 is 37.4 Å².